The Kier molecular flexibility index (Phi) is 3.42. The Balaban J connectivity index is 4.39. The van der Waals surface area contributed by atoms with E-state index < -0.39 is 0 Å². The molecule has 0 saturated heterocycles. The number of ketones is 1. The van der Waals surface area contributed by atoms with Gasteiger partial charge in [0.25, 0.3) is 0 Å². The van der Waals surface area contributed by atoms with Gasteiger partial charge in [0.1, 0.15) is 6.07 Å². The van der Waals surface area contributed by atoms with Gasteiger partial charge in [-0.1, -0.05) is 19.9 Å². The number of Topliss-reactive ketones (excluding diaryl/α,β-unsaturated/α-hetero) is 1. The first-order valence-corrected chi connectivity index (χ1v) is 3.20. The highest BCUT2D eigenvalue weighted by molar-refractivity contribution is 5.97. The van der Waals surface area contributed by atoms with E-state index in [0.29, 0.717) is 0 Å². The van der Waals surface area contributed by atoms with E-state index in [9.17, 15) is 4.79 Å². The molecule has 0 aromatic rings. The number of hydrogen-bond donors (Lipinski definition) is 0. The Bertz CT molecular complexity index is 196. The van der Waals surface area contributed by atoms with Crippen LogP contribution >= 0.6 is 0 Å². The van der Waals surface area contributed by atoms with Gasteiger partial charge in [-0.15, -0.1) is 0 Å². The van der Waals surface area contributed by atoms with Crippen molar-refractivity contribution in [2.24, 2.45) is 5.92 Å². The van der Waals surface area contributed by atoms with E-state index in [2.05, 4.69) is 0 Å². The van der Waals surface area contributed by atoms with Crippen LogP contribution in [0, 0.1) is 17.2 Å². The third-order valence-corrected chi connectivity index (χ3v) is 1.000. The molecule has 0 amide bonds. The monoisotopic (exact) mass is 137 g/mol. The van der Waals surface area contributed by atoms with Crippen molar-refractivity contribution >= 4 is 5.78 Å². The van der Waals surface area contributed by atoms with Crippen LogP contribution in [-0.2, 0) is 4.79 Å². The topological polar surface area (TPSA) is 40.9 Å². The van der Waals surface area contributed by atoms with Crippen LogP contribution in [0.4, 0.5) is 0 Å². The van der Waals surface area contributed by atoms with Crippen LogP contribution < -0.4 is 0 Å². The number of carbonyl (C=O) groups excluding carboxylic acids is 1. The zero-order valence-electron chi connectivity index (χ0n) is 6.51. The maximum atomic E-state index is 10.6. The summed E-state index contributed by atoms with van der Waals surface area (Å²) in [4.78, 5) is 10.6. The zero-order valence-corrected chi connectivity index (χ0v) is 6.51. The van der Waals surface area contributed by atoms with Gasteiger partial charge in [-0.2, -0.15) is 5.26 Å². The summed E-state index contributed by atoms with van der Waals surface area (Å²) in [7, 11) is 0. The number of carbonyl (C=O) groups is 1. The first-order chi connectivity index (χ1) is 4.57. The SMILES string of the molecule is CC(=O)/C(C#N)=C/C(C)C. The van der Waals surface area contributed by atoms with Crippen molar-refractivity contribution in [3.63, 3.8) is 0 Å². The molecule has 2 nitrogen and oxygen atoms in total. The Hall–Kier alpha value is -1.10. The highest BCUT2D eigenvalue weighted by atomic mass is 16.1. The molecule has 0 unspecified atom stereocenters. The summed E-state index contributed by atoms with van der Waals surface area (Å²) >= 11 is 0. The lowest BCUT2D eigenvalue weighted by atomic mass is 10.1. The quantitative estimate of drug-likeness (QED) is 0.429. The molecular weight excluding hydrogens is 126 g/mol. The van der Waals surface area contributed by atoms with Crippen molar-refractivity contribution < 1.29 is 4.79 Å². The molecule has 0 aliphatic carbocycles. The molecule has 2 heteroatoms. The molecule has 0 fully saturated rings. The first kappa shape index (κ1) is 8.90. The van der Waals surface area contributed by atoms with Crippen LogP contribution in [0.25, 0.3) is 0 Å². The fourth-order valence-corrected chi connectivity index (χ4v) is 0.567. The average Bonchev–Trinajstić information content (AvgIpc) is 1.81. The highest BCUT2D eigenvalue weighted by Crippen LogP contribution is 2.01. The Labute approximate surface area is 61.2 Å². The number of allylic oxidation sites excluding steroid dienone is 2. The molecular formula is C8H11NO. The van der Waals surface area contributed by atoms with Crippen molar-refractivity contribution in [3.05, 3.63) is 11.6 Å². The molecule has 0 aliphatic rings. The van der Waals surface area contributed by atoms with Crippen LogP contribution in [0.2, 0.25) is 0 Å². The molecule has 0 spiro atoms. The molecule has 0 radical (unpaired) electrons. The van der Waals surface area contributed by atoms with Crippen molar-refractivity contribution in [2.45, 2.75) is 20.8 Å². The third kappa shape index (κ3) is 3.03. The fourth-order valence-electron chi connectivity index (χ4n) is 0.567. The summed E-state index contributed by atoms with van der Waals surface area (Å²) < 4.78 is 0. The summed E-state index contributed by atoms with van der Waals surface area (Å²) in [5, 5.41) is 8.41. The van der Waals surface area contributed by atoms with Gasteiger partial charge in [-0.25, -0.2) is 0 Å². The smallest absolute Gasteiger partial charge is 0.169 e. The molecule has 0 aromatic heterocycles. The molecule has 0 aromatic carbocycles. The summed E-state index contributed by atoms with van der Waals surface area (Å²) in [5.41, 5.74) is 0.259. The molecule has 0 saturated carbocycles. The van der Waals surface area contributed by atoms with E-state index in [0.717, 1.165) is 0 Å². The van der Waals surface area contributed by atoms with Gasteiger partial charge in [0.15, 0.2) is 5.78 Å². The lowest BCUT2D eigenvalue weighted by Crippen LogP contribution is -1.95. The largest absolute Gasteiger partial charge is 0.294 e. The van der Waals surface area contributed by atoms with Crippen LogP contribution in [0.15, 0.2) is 11.6 Å². The summed E-state index contributed by atoms with van der Waals surface area (Å²) in [6.45, 7) is 5.26. The van der Waals surface area contributed by atoms with Crippen molar-refractivity contribution in [1.29, 1.82) is 5.26 Å². The van der Waals surface area contributed by atoms with E-state index in [1.807, 2.05) is 19.9 Å². The van der Waals surface area contributed by atoms with E-state index in [4.69, 9.17) is 5.26 Å². The number of rotatable bonds is 2. The van der Waals surface area contributed by atoms with Gasteiger partial charge in [0.05, 0.1) is 5.57 Å². The first-order valence-electron chi connectivity index (χ1n) is 3.20. The lowest BCUT2D eigenvalue weighted by molar-refractivity contribution is -0.113. The molecule has 0 heterocycles. The van der Waals surface area contributed by atoms with Crippen LogP contribution in [0.3, 0.4) is 0 Å². The van der Waals surface area contributed by atoms with Gasteiger partial charge < -0.3 is 0 Å². The van der Waals surface area contributed by atoms with E-state index in [1.165, 1.54) is 6.92 Å². The van der Waals surface area contributed by atoms with Crippen LogP contribution in [-0.4, -0.2) is 5.78 Å². The molecule has 0 aliphatic heterocycles. The normalized spacial score (nSPS) is 11.3. The van der Waals surface area contributed by atoms with Gasteiger partial charge in [-0.05, 0) is 12.8 Å². The lowest BCUT2D eigenvalue weighted by Gasteiger charge is -1.94. The third-order valence-electron chi connectivity index (χ3n) is 1.000. The number of hydrogen-bond acceptors (Lipinski definition) is 2. The minimum atomic E-state index is -0.156. The van der Waals surface area contributed by atoms with Crippen LogP contribution in [0.1, 0.15) is 20.8 Å². The number of nitriles is 1. The van der Waals surface area contributed by atoms with Crippen molar-refractivity contribution in [3.8, 4) is 6.07 Å². The molecule has 0 rings (SSSR count). The summed E-state index contributed by atoms with van der Waals surface area (Å²) in [6.07, 6.45) is 1.67. The second-order valence-electron chi connectivity index (χ2n) is 2.49. The van der Waals surface area contributed by atoms with Crippen LogP contribution in [0.5, 0.6) is 0 Å². The molecule has 0 N–H and O–H groups in total. The highest BCUT2D eigenvalue weighted by Gasteiger charge is 2.01. The Morgan fingerprint density at radius 1 is 1.60 bits per heavy atom. The maximum Gasteiger partial charge on any atom is 0.169 e. The fraction of sp³-hybridized carbons (Fsp3) is 0.500. The zero-order chi connectivity index (χ0) is 8.15. The van der Waals surface area contributed by atoms with E-state index in [1.54, 1.807) is 6.08 Å². The Morgan fingerprint density at radius 2 is 2.10 bits per heavy atom. The van der Waals surface area contributed by atoms with Crippen molar-refractivity contribution in [2.75, 3.05) is 0 Å². The molecule has 0 atom stereocenters. The van der Waals surface area contributed by atoms with Gasteiger partial charge in [0.2, 0.25) is 0 Å². The van der Waals surface area contributed by atoms with Crippen molar-refractivity contribution in [1.82, 2.24) is 0 Å². The average molecular weight is 137 g/mol. The molecule has 54 valence electrons. The second kappa shape index (κ2) is 3.84. The molecule has 10 heavy (non-hydrogen) atoms. The van der Waals surface area contributed by atoms with Gasteiger partial charge >= 0.3 is 0 Å². The van der Waals surface area contributed by atoms with Gasteiger partial charge in [0, 0.05) is 0 Å². The number of nitrogens with zero attached hydrogens (tertiary/aromatic N) is 1. The van der Waals surface area contributed by atoms with E-state index >= 15 is 0 Å². The predicted octanol–water partition coefficient (Wildman–Crippen LogP) is 1.68. The second-order valence-corrected chi connectivity index (χ2v) is 2.49. The minimum Gasteiger partial charge on any atom is -0.294 e. The maximum absolute atomic E-state index is 10.6. The Morgan fingerprint density at radius 3 is 2.20 bits per heavy atom. The summed E-state index contributed by atoms with van der Waals surface area (Å²) in [5.74, 6) is 0.106. The summed E-state index contributed by atoms with van der Waals surface area (Å²) in [6, 6.07) is 1.84. The molecule has 0 bridgehead atoms. The standard InChI is InChI=1S/C8H11NO/c1-6(2)4-8(5-9)7(3)10/h4,6H,1-3H3/b8-4+. The van der Waals surface area contributed by atoms with E-state index in [-0.39, 0.29) is 17.3 Å². The minimum absolute atomic E-state index is 0.156. The van der Waals surface area contributed by atoms with Gasteiger partial charge in [-0.3, -0.25) is 4.79 Å². The predicted molar refractivity (Wildman–Crippen MR) is 39.2 cm³/mol.